The lowest BCUT2D eigenvalue weighted by atomic mass is 9.78. The van der Waals surface area contributed by atoms with Gasteiger partial charge in [0.2, 0.25) is 17.7 Å². The van der Waals surface area contributed by atoms with Crippen LogP contribution in [0.2, 0.25) is 0 Å². The number of fused-ring (bicyclic) bond motifs is 1. The van der Waals surface area contributed by atoms with E-state index in [0.717, 1.165) is 29.7 Å². The molecule has 0 aromatic heterocycles. The van der Waals surface area contributed by atoms with Crippen molar-refractivity contribution in [3.63, 3.8) is 0 Å². The lowest BCUT2D eigenvalue weighted by Crippen LogP contribution is -2.46. The number of nitrogens with one attached hydrogen (secondary N) is 3. The van der Waals surface area contributed by atoms with Gasteiger partial charge in [-0.05, 0) is 67.5 Å². The van der Waals surface area contributed by atoms with E-state index < -0.39 is 42.3 Å². The molecular weight excluding hydrogens is 568 g/mol. The fourth-order valence-electron chi connectivity index (χ4n) is 4.14. The second-order valence-electron chi connectivity index (χ2n) is 10.5. The standard InChI is InChI=1S/C19H31BN6O5.C9H9F3/c1-19(2)13-7-11(3-4-14(13)20(30)31-19)25-17(28)10-24-18(29)15(23)5-6-16(27)26-12(8-21)9-22;1-2-7-3-5-8(6-4-7)9(10,11)12/h3-4,7,12,15,30H,5-6,8-10,21-23H2,1-2H3,(H,24,29)(H,25,28)(H,26,27);3-6H,2H2,1H3. The van der Waals surface area contributed by atoms with Gasteiger partial charge in [0.1, 0.15) is 0 Å². The van der Waals surface area contributed by atoms with E-state index in [2.05, 4.69) is 16.0 Å². The Morgan fingerprint density at radius 1 is 1.05 bits per heavy atom. The Morgan fingerprint density at radius 3 is 2.23 bits per heavy atom. The van der Waals surface area contributed by atoms with Crippen molar-refractivity contribution in [3.8, 4) is 0 Å². The van der Waals surface area contributed by atoms with Gasteiger partial charge in [-0.1, -0.05) is 25.1 Å². The maximum absolute atomic E-state index is 12.2. The molecule has 1 aliphatic heterocycles. The smallest absolute Gasteiger partial charge is 0.423 e. The number of anilines is 1. The van der Waals surface area contributed by atoms with Gasteiger partial charge in [-0.15, -0.1) is 0 Å². The Bertz CT molecular complexity index is 1240. The quantitative estimate of drug-likeness (QED) is 0.179. The van der Waals surface area contributed by atoms with Gasteiger partial charge < -0.3 is 42.8 Å². The minimum Gasteiger partial charge on any atom is -0.423 e. The van der Waals surface area contributed by atoms with Crippen molar-refractivity contribution in [2.24, 2.45) is 17.2 Å². The topological polar surface area (TPSA) is 195 Å². The van der Waals surface area contributed by atoms with E-state index >= 15 is 0 Å². The van der Waals surface area contributed by atoms with E-state index in [9.17, 15) is 32.6 Å². The van der Waals surface area contributed by atoms with Crippen LogP contribution in [0.4, 0.5) is 18.9 Å². The highest BCUT2D eigenvalue weighted by atomic mass is 19.4. The Morgan fingerprint density at radius 2 is 1.67 bits per heavy atom. The summed E-state index contributed by atoms with van der Waals surface area (Å²) in [6, 6.07) is 9.03. The van der Waals surface area contributed by atoms with Crippen LogP contribution in [0.3, 0.4) is 0 Å². The number of aryl methyl sites for hydroxylation is 1. The van der Waals surface area contributed by atoms with Crippen molar-refractivity contribution in [2.75, 3.05) is 25.0 Å². The van der Waals surface area contributed by atoms with Gasteiger partial charge in [0.05, 0.1) is 29.8 Å². The summed E-state index contributed by atoms with van der Waals surface area (Å²) in [5.41, 5.74) is 18.3. The van der Waals surface area contributed by atoms with Crippen LogP contribution in [0.15, 0.2) is 42.5 Å². The molecular formula is C28H40BF3N6O5. The first-order chi connectivity index (χ1) is 20.1. The van der Waals surface area contributed by atoms with E-state index in [0.29, 0.717) is 11.2 Å². The predicted molar refractivity (Wildman–Crippen MR) is 158 cm³/mol. The lowest BCUT2D eigenvalue weighted by molar-refractivity contribution is -0.137. The van der Waals surface area contributed by atoms with Crippen molar-refractivity contribution >= 4 is 36.0 Å². The Kier molecular flexibility index (Phi) is 13.1. The number of benzene rings is 2. The molecule has 1 aliphatic rings. The Labute approximate surface area is 249 Å². The highest BCUT2D eigenvalue weighted by molar-refractivity contribution is 6.62. The molecule has 3 rings (SSSR count). The maximum atomic E-state index is 12.2. The summed E-state index contributed by atoms with van der Waals surface area (Å²) < 4.78 is 41.6. The molecule has 1 unspecified atom stereocenters. The molecule has 11 nitrogen and oxygen atoms in total. The van der Waals surface area contributed by atoms with Gasteiger partial charge >= 0.3 is 13.3 Å². The molecule has 0 bridgehead atoms. The third-order valence-electron chi connectivity index (χ3n) is 6.72. The van der Waals surface area contributed by atoms with Gasteiger partial charge in [-0.3, -0.25) is 14.4 Å². The summed E-state index contributed by atoms with van der Waals surface area (Å²) in [6.45, 7) is 5.71. The number of amides is 3. The van der Waals surface area contributed by atoms with Crippen LogP contribution in [0.1, 0.15) is 50.3 Å². The largest absolute Gasteiger partial charge is 0.492 e. The SMILES string of the molecule is CC1(C)OB(O)c2ccc(NC(=O)CNC(=O)C(N)CCC(=O)NC(CN)CN)cc21.CCc1ccc(C(F)(F)F)cc1. The molecule has 3 amide bonds. The maximum Gasteiger partial charge on any atom is 0.492 e. The molecule has 2 aromatic rings. The number of carbonyl (C=O) groups is 3. The minimum atomic E-state index is -4.22. The van der Waals surface area contributed by atoms with Crippen molar-refractivity contribution in [1.82, 2.24) is 10.6 Å². The van der Waals surface area contributed by atoms with Gasteiger partial charge in [-0.25, -0.2) is 0 Å². The molecule has 0 saturated heterocycles. The van der Waals surface area contributed by atoms with E-state index in [-0.39, 0.29) is 44.4 Å². The van der Waals surface area contributed by atoms with Crippen molar-refractivity contribution < 1.29 is 37.2 Å². The monoisotopic (exact) mass is 608 g/mol. The van der Waals surface area contributed by atoms with Crippen molar-refractivity contribution in [3.05, 3.63) is 59.2 Å². The first-order valence-electron chi connectivity index (χ1n) is 13.8. The molecule has 0 fully saturated rings. The fourth-order valence-corrected chi connectivity index (χ4v) is 4.14. The number of hydrogen-bond acceptors (Lipinski definition) is 8. The summed E-state index contributed by atoms with van der Waals surface area (Å²) in [5, 5.41) is 17.7. The van der Waals surface area contributed by atoms with Crippen LogP contribution in [-0.4, -0.2) is 61.6 Å². The third kappa shape index (κ3) is 10.9. The molecule has 43 heavy (non-hydrogen) atoms. The minimum absolute atomic E-state index is 0.0378. The average Bonchev–Trinajstić information content (AvgIpc) is 3.20. The van der Waals surface area contributed by atoms with Crippen LogP contribution in [0, 0.1) is 0 Å². The number of alkyl halides is 3. The average molecular weight is 608 g/mol. The van der Waals surface area contributed by atoms with Gasteiger partial charge in [-0.2, -0.15) is 13.2 Å². The molecule has 2 aromatic carbocycles. The molecule has 1 atom stereocenters. The number of halogens is 3. The number of nitrogens with two attached hydrogens (primary N) is 3. The highest BCUT2D eigenvalue weighted by Crippen LogP contribution is 2.31. The first-order valence-corrected chi connectivity index (χ1v) is 13.8. The van der Waals surface area contributed by atoms with Crippen LogP contribution < -0.4 is 38.6 Å². The summed E-state index contributed by atoms with van der Waals surface area (Å²) in [4.78, 5) is 36.1. The number of rotatable bonds is 11. The second-order valence-corrected chi connectivity index (χ2v) is 10.5. The molecule has 0 saturated carbocycles. The zero-order chi connectivity index (χ0) is 32.4. The first kappa shape index (κ1) is 35.7. The molecule has 0 aliphatic carbocycles. The summed E-state index contributed by atoms with van der Waals surface area (Å²) in [6.07, 6.45) is -3.30. The molecule has 236 valence electrons. The fraction of sp³-hybridized carbons (Fsp3) is 0.464. The molecule has 0 spiro atoms. The van der Waals surface area contributed by atoms with Crippen molar-refractivity contribution in [1.29, 1.82) is 0 Å². The van der Waals surface area contributed by atoms with E-state index in [4.69, 9.17) is 21.9 Å². The van der Waals surface area contributed by atoms with E-state index in [1.54, 1.807) is 18.2 Å². The summed E-state index contributed by atoms with van der Waals surface area (Å²) >= 11 is 0. The third-order valence-corrected chi connectivity index (χ3v) is 6.72. The van der Waals surface area contributed by atoms with E-state index in [1.807, 2.05) is 20.8 Å². The summed E-state index contributed by atoms with van der Waals surface area (Å²) in [5.74, 6) is -1.27. The molecule has 1 heterocycles. The summed E-state index contributed by atoms with van der Waals surface area (Å²) in [7, 11) is -1.01. The van der Waals surface area contributed by atoms with Gasteiger partial charge in [0.15, 0.2) is 0 Å². The van der Waals surface area contributed by atoms with Crippen LogP contribution in [-0.2, 0) is 37.2 Å². The van der Waals surface area contributed by atoms with Crippen molar-refractivity contribution in [2.45, 2.75) is 63.9 Å². The molecule has 10 N–H and O–H groups in total. The zero-order valence-corrected chi connectivity index (χ0v) is 24.5. The zero-order valence-electron chi connectivity index (χ0n) is 24.5. The van der Waals surface area contributed by atoms with E-state index in [1.165, 1.54) is 12.1 Å². The molecule has 0 radical (unpaired) electrons. The van der Waals surface area contributed by atoms with Crippen LogP contribution >= 0.6 is 0 Å². The Hall–Kier alpha value is -3.50. The van der Waals surface area contributed by atoms with Crippen LogP contribution in [0.25, 0.3) is 0 Å². The Balaban J connectivity index is 0.000000448. The predicted octanol–water partition coefficient (Wildman–Crippen LogP) is 0.472. The van der Waals surface area contributed by atoms with Gasteiger partial charge in [0, 0.05) is 25.2 Å². The second kappa shape index (κ2) is 15.8. The van der Waals surface area contributed by atoms with Crippen LogP contribution in [0.5, 0.6) is 0 Å². The number of hydrogen-bond donors (Lipinski definition) is 7. The normalized spacial score (nSPS) is 14.3. The number of carbonyl (C=O) groups excluding carboxylic acids is 3. The highest BCUT2D eigenvalue weighted by Gasteiger charge is 2.40. The molecule has 15 heteroatoms. The lowest BCUT2D eigenvalue weighted by Gasteiger charge is -2.20. The van der Waals surface area contributed by atoms with Gasteiger partial charge in [0.25, 0.3) is 0 Å².